The van der Waals surface area contributed by atoms with E-state index in [1.54, 1.807) is 0 Å². The topological polar surface area (TPSA) is 103 Å². The van der Waals surface area contributed by atoms with Crippen LogP contribution in [0.2, 0.25) is 0 Å². The van der Waals surface area contributed by atoms with Crippen molar-refractivity contribution in [2.45, 2.75) is 5.75 Å². The highest BCUT2D eigenvalue weighted by molar-refractivity contribution is 7.91. The second-order valence-electron chi connectivity index (χ2n) is 4.59. The van der Waals surface area contributed by atoms with E-state index in [4.69, 9.17) is 0 Å². The number of nitrogens with zero attached hydrogens (tertiary/aromatic N) is 5. The molecule has 3 rings (SSSR count). The van der Waals surface area contributed by atoms with Crippen molar-refractivity contribution < 1.29 is 12.8 Å². The molecule has 2 heterocycles. The monoisotopic (exact) mass is 334 g/mol. The molecule has 0 unspecified atom stereocenters. The second kappa shape index (κ2) is 6.08. The Morgan fingerprint density at radius 2 is 2.04 bits per heavy atom. The van der Waals surface area contributed by atoms with Gasteiger partial charge in [0, 0.05) is 6.07 Å². The van der Waals surface area contributed by atoms with Crippen molar-refractivity contribution in [2.75, 3.05) is 4.72 Å². The van der Waals surface area contributed by atoms with Crippen molar-refractivity contribution in [2.24, 2.45) is 0 Å². The zero-order valence-corrected chi connectivity index (χ0v) is 12.5. The van der Waals surface area contributed by atoms with Crippen molar-refractivity contribution in [1.29, 1.82) is 0 Å². The standard InChI is InChI=1S/C13H11FN6O2S/c14-11-3-1-2-10(4-11)6-23(21,22)19-12-5-13(17-8-16-12)20-9-15-7-18-20/h1-5,7-9H,6H2,(H,16,17,19). The Morgan fingerprint density at radius 1 is 1.17 bits per heavy atom. The summed E-state index contributed by atoms with van der Waals surface area (Å²) in [7, 11) is -3.74. The van der Waals surface area contributed by atoms with Crippen LogP contribution in [0.4, 0.5) is 10.2 Å². The fraction of sp³-hybridized carbons (Fsp3) is 0.0769. The fourth-order valence-electron chi connectivity index (χ4n) is 1.90. The van der Waals surface area contributed by atoms with Crippen LogP contribution in [0.25, 0.3) is 5.82 Å². The first kappa shape index (κ1) is 15.0. The molecule has 0 radical (unpaired) electrons. The molecule has 1 aromatic carbocycles. The molecule has 0 aliphatic carbocycles. The Bertz CT molecular complexity index is 914. The number of sulfonamides is 1. The van der Waals surface area contributed by atoms with Crippen LogP contribution in [0, 0.1) is 5.82 Å². The van der Waals surface area contributed by atoms with Crippen LogP contribution in [0.5, 0.6) is 0 Å². The molecule has 0 aliphatic heterocycles. The summed E-state index contributed by atoms with van der Waals surface area (Å²) in [6, 6.07) is 6.81. The number of halogens is 1. The average molecular weight is 334 g/mol. The van der Waals surface area contributed by atoms with Gasteiger partial charge in [-0.3, -0.25) is 4.72 Å². The number of hydrogen-bond acceptors (Lipinski definition) is 6. The van der Waals surface area contributed by atoms with Gasteiger partial charge in [-0.25, -0.2) is 32.4 Å². The summed E-state index contributed by atoms with van der Waals surface area (Å²) < 4.78 is 41.1. The number of aromatic nitrogens is 5. The van der Waals surface area contributed by atoms with E-state index in [2.05, 4.69) is 24.8 Å². The quantitative estimate of drug-likeness (QED) is 0.750. The van der Waals surface area contributed by atoms with E-state index >= 15 is 0 Å². The van der Waals surface area contributed by atoms with Crippen LogP contribution < -0.4 is 4.72 Å². The Labute approximate surface area is 131 Å². The maximum atomic E-state index is 13.1. The minimum absolute atomic E-state index is 0.0851. The van der Waals surface area contributed by atoms with Crippen molar-refractivity contribution in [3.63, 3.8) is 0 Å². The van der Waals surface area contributed by atoms with E-state index in [9.17, 15) is 12.8 Å². The number of benzene rings is 1. The van der Waals surface area contributed by atoms with E-state index in [1.807, 2.05) is 0 Å². The molecule has 0 aliphatic rings. The van der Waals surface area contributed by atoms with Crippen LogP contribution in [0.3, 0.4) is 0 Å². The summed E-state index contributed by atoms with van der Waals surface area (Å²) >= 11 is 0. The van der Waals surface area contributed by atoms with Gasteiger partial charge in [-0.2, -0.15) is 5.10 Å². The number of nitrogens with one attached hydrogen (secondary N) is 1. The minimum Gasteiger partial charge on any atom is -0.267 e. The molecule has 0 saturated heterocycles. The highest BCUT2D eigenvalue weighted by atomic mass is 32.2. The first-order valence-electron chi connectivity index (χ1n) is 6.44. The van der Waals surface area contributed by atoms with Gasteiger partial charge >= 0.3 is 0 Å². The third kappa shape index (κ3) is 3.86. The van der Waals surface area contributed by atoms with E-state index in [-0.39, 0.29) is 11.6 Å². The van der Waals surface area contributed by atoms with Crippen molar-refractivity contribution in [1.82, 2.24) is 24.7 Å². The maximum Gasteiger partial charge on any atom is 0.238 e. The maximum absolute atomic E-state index is 13.1. The van der Waals surface area contributed by atoms with Gasteiger partial charge in [0.1, 0.15) is 30.6 Å². The predicted molar refractivity (Wildman–Crippen MR) is 79.6 cm³/mol. The largest absolute Gasteiger partial charge is 0.267 e. The lowest BCUT2D eigenvalue weighted by molar-refractivity contribution is 0.599. The molecule has 1 N–H and O–H groups in total. The lowest BCUT2D eigenvalue weighted by Crippen LogP contribution is -2.16. The average Bonchev–Trinajstić information content (AvgIpc) is 3.00. The Morgan fingerprint density at radius 3 is 2.78 bits per heavy atom. The molecule has 23 heavy (non-hydrogen) atoms. The lowest BCUT2D eigenvalue weighted by atomic mass is 10.2. The first-order valence-corrected chi connectivity index (χ1v) is 8.09. The molecular formula is C13H11FN6O2S. The summed E-state index contributed by atoms with van der Waals surface area (Å²) in [6.07, 6.45) is 3.96. The van der Waals surface area contributed by atoms with Crippen molar-refractivity contribution in [3.8, 4) is 5.82 Å². The van der Waals surface area contributed by atoms with Gasteiger partial charge in [-0.1, -0.05) is 12.1 Å². The molecule has 8 nitrogen and oxygen atoms in total. The van der Waals surface area contributed by atoms with Crippen LogP contribution in [-0.4, -0.2) is 33.2 Å². The van der Waals surface area contributed by atoms with Gasteiger partial charge in [0.15, 0.2) is 5.82 Å². The molecule has 0 spiro atoms. The third-order valence-electron chi connectivity index (χ3n) is 2.81. The van der Waals surface area contributed by atoms with Crippen LogP contribution >= 0.6 is 0 Å². The van der Waals surface area contributed by atoms with Gasteiger partial charge in [0.25, 0.3) is 0 Å². The second-order valence-corrected chi connectivity index (χ2v) is 6.31. The number of anilines is 1. The zero-order chi connectivity index (χ0) is 16.3. The summed E-state index contributed by atoms with van der Waals surface area (Å²) in [5.74, 6) is -0.413. The minimum atomic E-state index is -3.74. The van der Waals surface area contributed by atoms with E-state index < -0.39 is 15.8 Å². The molecular weight excluding hydrogens is 323 g/mol. The Balaban J connectivity index is 1.79. The molecule has 10 heteroatoms. The third-order valence-corrected chi connectivity index (χ3v) is 4.05. The number of rotatable bonds is 5. The molecule has 118 valence electrons. The normalized spacial score (nSPS) is 11.3. The van der Waals surface area contributed by atoms with Gasteiger partial charge in [0.2, 0.25) is 10.0 Å². The van der Waals surface area contributed by atoms with Crippen LogP contribution in [0.15, 0.2) is 49.3 Å². The SMILES string of the molecule is O=S(=O)(Cc1cccc(F)c1)Nc1cc(-n2cncn2)ncn1. The van der Waals surface area contributed by atoms with E-state index in [1.165, 1.54) is 54.0 Å². The van der Waals surface area contributed by atoms with E-state index in [0.717, 1.165) is 0 Å². The molecule has 3 aromatic rings. The Hall–Kier alpha value is -2.88. The van der Waals surface area contributed by atoms with Gasteiger partial charge in [-0.15, -0.1) is 0 Å². The zero-order valence-electron chi connectivity index (χ0n) is 11.7. The lowest BCUT2D eigenvalue weighted by Gasteiger charge is -2.08. The smallest absolute Gasteiger partial charge is 0.238 e. The molecule has 0 fully saturated rings. The van der Waals surface area contributed by atoms with Crippen LogP contribution in [-0.2, 0) is 15.8 Å². The summed E-state index contributed by atoms with van der Waals surface area (Å²) in [6.45, 7) is 0. The molecule has 0 bridgehead atoms. The highest BCUT2D eigenvalue weighted by Crippen LogP contribution is 2.13. The van der Waals surface area contributed by atoms with Gasteiger partial charge < -0.3 is 0 Å². The first-order chi connectivity index (χ1) is 11.0. The summed E-state index contributed by atoms with van der Waals surface area (Å²) in [5.41, 5.74) is 0.336. The predicted octanol–water partition coefficient (Wildman–Crippen LogP) is 1.14. The summed E-state index contributed by atoms with van der Waals surface area (Å²) in [5, 5.41) is 3.90. The fourth-order valence-corrected chi connectivity index (χ4v) is 3.02. The Kier molecular flexibility index (Phi) is 3.98. The van der Waals surface area contributed by atoms with Gasteiger partial charge in [-0.05, 0) is 17.7 Å². The van der Waals surface area contributed by atoms with Gasteiger partial charge in [0.05, 0.1) is 5.75 Å². The molecule has 0 amide bonds. The number of hydrogen-bond donors (Lipinski definition) is 1. The highest BCUT2D eigenvalue weighted by Gasteiger charge is 2.14. The molecule has 0 saturated carbocycles. The summed E-state index contributed by atoms with van der Waals surface area (Å²) in [4.78, 5) is 11.6. The molecule has 0 atom stereocenters. The molecule has 2 aromatic heterocycles. The van der Waals surface area contributed by atoms with Crippen molar-refractivity contribution >= 4 is 15.8 Å². The van der Waals surface area contributed by atoms with Crippen LogP contribution in [0.1, 0.15) is 5.56 Å². The van der Waals surface area contributed by atoms with E-state index in [0.29, 0.717) is 11.4 Å². The van der Waals surface area contributed by atoms with Crippen molar-refractivity contribution in [3.05, 3.63) is 60.7 Å².